The van der Waals surface area contributed by atoms with Crippen molar-refractivity contribution in [2.24, 2.45) is 0 Å². The third kappa shape index (κ3) is 4.68. The van der Waals surface area contributed by atoms with Crippen molar-refractivity contribution in [3.05, 3.63) is 29.8 Å². The van der Waals surface area contributed by atoms with Crippen LogP contribution in [0.25, 0.3) is 0 Å². The molecule has 0 fully saturated rings. The third-order valence-corrected chi connectivity index (χ3v) is 2.80. The van der Waals surface area contributed by atoms with E-state index in [0.29, 0.717) is 13.1 Å². The fraction of sp³-hybridized carbons (Fsp3) is 0.500. The maximum Gasteiger partial charge on any atom is 0.317 e. The molecule has 0 saturated heterocycles. The molecule has 1 N–H and O–H groups in total. The number of hydrogen-bond donors (Lipinski definition) is 1. The zero-order chi connectivity index (χ0) is 15.1. The highest BCUT2D eigenvalue weighted by Gasteiger charge is 2.13. The predicted octanol–water partition coefficient (Wildman–Crippen LogP) is 2.78. The van der Waals surface area contributed by atoms with Crippen molar-refractivity contribution in [1.82, 2.24) is 10.2 Å². The van der Waals surface area contributed by atoms with E-state index in [0.717, 1.165) is 12.1 Å². The number of benzene rings is 1. The van der Waals surface area contributed by atoms with Crippen molar-refractivity contribution >= 4 is 6.03 Å². The molecule has 0 unspecified atom stereocenters. The number of halogens is 2. The first-order valence-corrected chi connectivity index (χ1v) is 6.61. The molecule has 0 bridgehead atoms. The number of amides is 2. The van der Waals surface area contributed by atoms with Gasteiger partial charge in [-0.15, -0.1) is 0 Å². The monoisotopic (exact) mass is 286 g/mol. The minimum Gasteiger partial charge on any atom is -0.488 e. The average Bonchev–Trinajstić information content (AvgIpc) is 2.39. The van der Waals surface area contributed by atoms with E-state index in [1.807, 2.05) is 13.8 Å². The van der Waals surface area contributed by atoms with Crippen LogP contribution >= 0.6 is 0 Å². The van der Waals surface area contributed by atoms with Gasteiger partial charge in [0.05, 0.1) is 6.04 Å². The summed E-state index contributed by atoms with van der Waals surface area (Å²) in [6.07, 6.45) is 0. The molecular weight excluding hydrogens is 266 g/mol. The Labute approximate surface area is 117 Å². The highest BCUT2D eigenvalue weighted by molar-refractivity contribution is 5.74. The molecule has 0 heterocycles. The van der Waals surface area contributed by atoms with E-state index in [9.17, 15) is 13.6 Å². The fourth-order valence-corrected chi connectivity index (χ4v) is 1.66. The van der Waals surface area contributed by atoms with Crippen LogP contribution in [0.2, 0.25) is 0 Å². The number of ether oxygens (including phenoxy) is 1. The van der Waals surface area contributed by atoms with Gasteiger partial charge in [-0.3, -0.25) is 0 Å². The van der Waals surface area contributed by atoms with E-state index in [4.69, 9.17) is 4.74 Å². The molecule has 0 radical (unpaired) electrons. The highest BCUT2D eigenvalue weighted by Crippen LogP contribution is 2.17. The van der Waals surface area contributed by atoms with Gasteiger partial charge >= 0.3 is 6.03 Å². The summed E-state index contributed by atoms with van der Waals surface area (Å²) in [7, 11) is 0. The first-order valence-electron chi connectivity index (χ1n) is 6.61. The van der Waals surface area contributed by atoms with Gasteiger partial charge in [0.15, 0.2) is 11.6 Å². The summed E-state index contributed by atoms with van der Waals surface area (Å²) in [5, 5.41) is 2.75. The van der Waals surface area contributed by atoms with E-state index in [2.05, 4.69) is 5.32 Å². The summed E-state index contributed by atoms with van der Waals surface area (Å²) < 4.78 is 31.3. The predicted molar refractivity (Wildman–Crippen MR) is 72.8 cm³/mol. The second-order valence-corrected chi connectivity index (χ2v) is 4.41. The molecule has 1 aromatic rings. The summed E-state index contributed by atoms with van der Waals surface area (Å²) in [5.74, 6) is -1.44. The molecule has 1 atom stereocenters. The Balaban J connectivity index is 2.47. The van der Waals surface area contributed by atoms with E-state index >= 15 is 0 Å². The molecule has 0 aromatic heterocycles. The van der Waals surface area contributed by atoms with Gasteiger partial charge in [0, 0.05) is 19.2 Å². The summed E-state index contributed by atoms with van der Waals surface area (Å²) >= 11 is 0. The molecule has 4 nitrogen and oxygen atoms in total. The number of urea groups is 1. The van der Waals surface area contributed by atoms with Crippen molar-refractivity contribution in [2.45, 2.75) is 26.8 Å². The minimum absolute atomic E-state index is 0.0321. The molecule has 20 heavy (non-hydrogen) atoms. The quantitative estimate of drug-likeness (QED) is 0.873. The number of nitrogens with one attached hydrogen (secondary N) is 1. The normalized spacial score (nSPS) is 11.8. The Bertz CT molecular complexity index is 451. The van der Waals surface area contributed by atoms with Crippen LogP contribution in [0.15, 0.2) is 18.2 Å². The maximum atomic E-state index is 13.3. The molecule has 112 valence electrons. The number of rotatable bonds is 6. The lowest BCUT2D eigenvalue weighted by molar-refractivity contribution is 0.191. The Hall–Kier alpha value is -1.85. The van der Waals surface area contributed by atoms with Crippen LogP contribution in [0, 0.1) is 11.6 Å². The van der Waals surface area contributed by atoms with Crippen LogP contribution in [-0.2, 0) is 0 Å². The van der Waals surface area contributed by atoms with Crippen molar-refractivity contribution in [1.29, 1.82) is 0 Å². The van der Waals surface area contributed by atoms with Crippen molar-refractivity contribution in [2.75, 3.05) is 19.7 Å². The third-order valence-electron chi connectivity index (χ3n) is 2.80. The molecule has 2 amide bonds. The molecule has 1 rings (SSSR count). The lowest BCUT2D eigenvalue weighted by Gasteiger charge is -2.22. The smallest absolute Gasteiger partial charge is 0.317 e. The Morgan fingerprint density at radius 2 is 2.00 bits per heavy atom. The Morgan fingerprint density at radius 1 is 1.35 bits per heavy atom. The molecule has 1 aromatic carbocycles. The molecule has 0 spiro atoms. The topological polar surface area (TPSA) is 41.6 Å². The first-order chi connectivity index (χ1) is 9.47. The van der Waals surface area contributed by atoms with Gasteiger partial charge in [0.2, 0.25) is 0 Å². The summed E-state index contributed by atoms with van der Waals surface area (Å²) in [6.45, 7) is 6.86. The van der Waals surface area contributed by atoms with Crippen molar-refractivity contribution in [3.63, 3.8) is 0 Å². The Kier molecular flexibility index (Phi) is 6.21. The molecule has 0 aliphatic heterocycles. The molecule has 6 heteroatoms. The summed E-state index contributed by atoms with van der Waals surface area (Å²) in [4.78, 5) is 13.4. The minimum atomic E-state index is -0.757. The molecule has 0 saturated carbocycles. The van der Waals surface area contributed by atoms with E-state index in [-0.39, 0.29) is 24.4 Å². The largest absolute Gasteiger partial charge is 0.488 e. The van der Waals surface area contributed by atoms with E-state index < -0.39 is 11.6 Å². The zero-order valence-electron chi connectivity index (χ0n) is 12.0. The number of carbonyl (C=O) groups is 1. The van der Waals surface area contributed by atoms with Gasteiger partial charge in [0.1, 0.15) is 12.4 Å². The second-order valence-electron chi connectivity index (χ2n) is 4.41. The molecular formula is C14H20F2N2O2. The van der Waals surface area contributed by atoms with E-state index in [1.54, 1.807) is 11.8 Å². The standard InChI is InChI=1S/C14H20F2N2O2/c1-4-18(5-2)14(19)17-10(3)9-20-13-7-6-11(15)8-12(13)16/h6-8,10H,4-5,9H2,1-3H3,(H,17,19)/t10-/m0/s1. The SMILES string of the molecule is CCN(CC)C(=O)N[C@@H](C)COc1ccc(F)cc1F. The van der Waals surface area contributed by atoms with Gasteiger partial charge in [-0.05, 0) is 32.9 Å². The number of carbonyl (C=O) groups excluding carboxylic acids is 1. The van der Waals surface area contributed by atoms with Gasteiger partial charge in [-0.25, -0.2) is 13.6 Å². The van der Waals surface area contributed by atoms with Crippen LogP contribution in [0.4, 0.5) is 13.6 Å². The van der Waals surface area contributed by atoms with Crippen LogP contribution in [0.1, 0.15) is 20.8 Å². The van der Waals surface area contributed by atoms with Gasteiger partial charge in [-0.2, -0.15) is 0 Å². The van der Waals surface area contributed by atoms with Crippen LogP contribution in [-0.4, -0.2) is 36.7 Å². The summed E-state index contributed by atoms with van der Waals surface area (Å²) in [6, 6.07) is 2.63. The average molecular weight is 286 g/mol. The van der Waals surface area contributed by atoms with Crippen molar-refractivity contribution < 1.29 is 18.3 Å². The zero-order valence-corrected chi connectivity index (χ0v) is 12.0. The van der Waals surface area contributed by atoms with Crippen molar-refractivity contribution in [3.8, 4) is 5.75 Å². The Morgan fingerprint density at radius 3 is 2.55 bits per heavy atom. The number of nitrogens with zero attached hydrogens (tertiary/aromatic N) is 1. The lowest BCUT2D eigenvalue weighted by atomic mass is 10.3. The van der Waals surface area contributed by atoms with Crippen LogP contribution in [0.5, 0.6) is 5.75 Å². The fourth-order valence-electron chi connectivity index (χ4n) is 1.66. The van der Waals surface area contributed by atoms with Gasteiger partial charge < -0.3 is 15.0 Å². The van der Waals surface area contributed by atoms with Gasteiger partial charge in [-0.1, -0.05) is 0 Å². The first kappa shape index (κ1) is 16.2. The maximum absolute atomic E-state index is 13.3. The second kappa shape index (κ2) is 7.67. The van der Waals surface area contributed by atoms with Crippen LogP contribution < -0.4 is 10.1 Å². The van der Waals surface area contributed by atoms with E-state index in [1.165, 1.54) is 6.07 Å². The molecule has 0 aliphatic rings. The van der Waals surface area contributed by atoms with Crippen LogP contribution in [0.3, 0.4) is 0 Å². The number of hydrogen-bond acceptors (Lipinski definition) is 2. The van der Waals surface area contributed by atoms with Gasteiger partial charge in [0.25, 0.3) is 0 Å². The summed E-state index contributed by atoms with van der Waals surface area (Å²) in [5.41, 5.74) is 0. The molecule has 0 aliphatic carbocycles. The highest BCUT2D eigenvalue weighted by atomic mass is 19.1. The lowest BCUT2D eigenvalue weighted by Crippen LogP contribution is -2.45.